The number of carbonyl (C=O) groups excluding carboxylic acids is 1. The first-order valence-corrected chi connectivity index (χ1v) is 7.64. The fraction of sp³-hybridized carbons (Fsp3) is 0.462. The van der Waals surface area contributed by atoms with E-state index in [9.17, 15) is 22.8 Å². The van der Waals surface area contributed by atoms with E-state index in [1.54, 1.807) is 0 Å². The van der Waals surface area contributed by atoms with Crippen molar-refractivity contribution in [3.63, 3.8) is 0 Å². The molecule has 118 valence electrons. The number of alkyl halides is 3. The molecule has 0 saturated heterocycles. The second-order valence-electron chi connectivity index (χ2n) is 4.99. The van der Waals surface area contributed by atoms with Gasteiger partial charge in [0.05, 0.1) is 0 Å². The monoisotopic (exact) mass is 331 g/mol. The quantitative estimate of drug-likeness (QED) is 0.580. The summed E-state index contributed by atoms with van der Waals surface area (Å²) in [6.45, 7) is 0.287. The third-order valence-electron chi connectivity index (χ3n) is 3.65. The van der Waals surface area contributed by atoms with Crippen LogP contribution in [0.25, 0.3) is 0 Å². The zero-order valence-electron chi connectivity index (χ0n) is 11.4. The summed E-state index contributed by atoms with van der Waals surface area (Å²) in [4.78, 5) is 29.9. The summed E-state index contributed by atoms with van der Waals surface area (Å²) in [6, 6.07) is 0. The Hall–Kier alpha value is -1.77. The number of thioether (sulfide) groups is 1. The van der Waals surface area contributed by atoms with Crippen molar-refractivity contribution in [3.05, 3.63) is 33.8 Å². The lowest BCUT2D eigenvalue weighted by atomic mass is 10.1. The summed E-state index contributed by atoms with van der Waals surface area (Å²) >= 11 is 1.43. The Bertz CT molecular complexity index is 711. The van der Waals surface area contributed by atoms with Gasteiger partial charge in [0.25, 0.3) is 11.5 Å². The van der Waals surface area contributed by atoms with E-state index in [0.717, 1.165) is 11.8 Å². The van der Waals surface area contributed by atoms with Crippen LogP contribution in [0.3, 0.4) is 0 Å². The molecular weight excluding hydrogens is 319 g/mol. The van der Waals surface area contributed by atoms with Crippen molar-refractivity contribution in [2.24, 2.45) is 0 Å². The molecular formula is C13H12F3N3O2S. The van der Waals surface area contributed by atoms with E-state index in [4.69, 9.17) is 0 Å². The second-order valence-corrected chi connectivity index (χ2v) is 6.05. The van der Waals surface area contributed by atoms with E-state index in [0.29, 0.717) is 11.7 Å². The average molecular weight is 331 g/mol. The van der Waals surface area contributed by atoms with E-state index in [1.807, 2.05) is 0 Å². The van der Waals surface area contributed by atoms with Crippen molar-refractivity contribution in [1.29, 1.82) is 0 Å². The highest BCUT2D eigenvalue weighted by Crippen LogP contribution is 2.30. The molecule has 0 fully saturated rings. The van der Waals surface area contributed by atoms with E-state index in [-0.39, 0.29) is 25.1 Å². The van der Waals surface area contributed by atoms with Crippen LogP contribution in [0.5, 0.6) is 0 Å². The molecule has 0 saturated carbocycles. The molecule has 5 nitrogen and oxygen atoms in total. The topological polar surface area (TPSA) is 55.2 Å². The molecule has 3 heterocycles. The number of amides is 1. The smallest absolute Gasteiger partial charge is 0.334 e. The van der Waals surface area contributed by atoms with Crippen LogP contribution in [-0.4, -0.2) is 45.4 Å². The van der Waals surface area contributed by atoms with Crippen LogP contribution in [0.2, 0.25) is 0 Å². The first-order chi connectivity index (χ1) is 10.4. The Morgan fingerprint density at radius 2 is 2.09 bits per heavy atom. The van der Waals surface area contributed by atoms with Crippen molar-refractivity contribution in [2.75, 3.05) is 18.8 Å². The minimum absolute atomic E-state index is 0.0554. The van der Waals surface area contributed by atoms with Crippen molar-refractivity contribution >= 4 is 17.7 Å². The predicted molar refractivity (Wildman–Crippen MR) is 73.9 cm³/mol. The number of fused-ring (bicyclic) bond motifs is 1. The highest BCUT2D eigenvalue weighted by Gasteiger charge is 2.36. The van der Waals surface area contributed by atoms with Gasteiger partial charge in [-0.05, 0) is 6.42 Å². The molecule has 0 aliphatic carbocycles. The lowest BCUT2D eigenvalue weighted by Crippen LogP contribution is -2.40. The molecule has 0 N–H and O–H groups in total. The first-order valence-electron chi connectivity index (χ1n) is 6.66. The normalized spacial score (nSPS) is 18.1. The maximum Gasteiger partial charge on any atom is 0.412 e. The van der Waals surface area contributed by atoms with Crippen molar-refractivity contribution in [2.45, 2.75) is 24.3 Å². The summed E-state index contributed by atoms with van der Waals surface area (Å²) < 4.78 is 39.1. The third kappa shape index (κ3) is 2.65. The molecule has 1 aromatic rings. The Balaban J connectivity index is 1.82. The average Bonchev–Trinajstić information content (AvgIpc) is 2.96. The highest BCUT2D eigenvalue weighted by molar-refractivity contribution is 7.99. The van der Waals surface area contributed by atoms with Gasteiger partial charge in [0.2, 0.25) is 0 Å². The lowest BCUT2D eigenvalue weighted by Gasteiger charge is -2.27. The number of halogens is 3. The molecule has 22 heavy (non-hydrogen) atoms. The molecule has 3 rings (SSSR count). The molecule has 0 aromatic carbocycles. The minimum atomic E-state index is -4.36. The minimum Gasteiger partial charge on any atom is -0.334 e. The molecule has 0 radical (unpaired) electrons. The van der Waals surface area contributed by atoms with Crippen LogP contribution >= 0.6 is 11.8 Å². The van der Waals surface area contributed by atoms with Gasteiger partial charge in [-0.25, -0.2) is 4.98 Å². The molecule has 0 unspecified atom stereocenters. The van der Waals surface area contributed by atoms with Gasteiger partial charge in [-0.15, -0.1) is 0 Å². The summed E-state index contributed by atoms with van der Waals surface area (Å²) in [6.07, 6.45) is -2.40. The van der Waals surface area contributed by atoms with Gasteiger partial charge in [-0.2, -0.15) is 13.2 Å². The second kappa shape index (κ2) is 5.45. The third-order valence-corrected chi connectivity index (χ3v) is 4.62. The van der Waals surface area contributed by atoms with Crippen LogP contribution in [0, 0.1) is 0 Å². The lowest BCUT2D eigenvalue weighted by molar-refractivity contribution is -0.0957. The summed E-state index contributed by atoms with van der Waals surface area (Å²) in [5.41, 5.74) is -1.14. The van der Waals surface area contributed by atoms with Crippen molar-refractivity contribution in [3.8, 4) is 0 Å². The Labute approximate surface area is 127 Å². The predicted octanol–water partition coefficient (Wildman–Crippen LogP) is 1.68. The van der Waals surface area contributed by atoms with Gasteiger partial charge in [0.15, 0.2) is 5.16 Å². The number of hydrogen-bond donors (Lipinski definition) is 0. The zero-order chi connectivity index (χ0) is 15.9. The molecule has 0 spiro atoms. The molecule has 2 aliphatic heterocycles. The van der Waals surface area contributed by atoms with Crippen LogP contribution in [-0.2, 0) is 6.54 Å². The van der Waals surface area contributed by atoms with Crippen molar-refractivity contribution < 1.29 is 18.0 Å². The summed E-state index contributed by atoms with van der Waals surface area (Å²) in [7, 11) is 0. The summed E-state index contributed by atoms with van der Waals surface area (Å²) in [5, 5.41) is 0.569. The van der Waals surface area contributed by atoms with E-state index < -0.39 is 23.2 Å². The fourth-order valence-corrected chi connectivity index (χ4v) is 3.36. The van der Waals surface area contributed by atoms with Gasteiger partial charge in [-0.3, -0.25) is 14.2 Å². The van der Waals surface area contributed by atoms with Gasteiger partial charge in [0.1, 0.15) is 5.56 Å². The first kappa shape index (κ1) is 15.1. The molecule has 2 aliphatic rings. The largest absolute Gasteiger partial charge is 0.412 e. The van der Waals surface area contributed by atoms with E-state index >= 15 is 0 Å². The van der Waals surface area contributed by atoms with E-state index in [2.05, 4.69) is 4.98 Å². The SMILES string of the molecule is O=C(c1cnc2n(c1=O)CCS2)N1CC=C(C(F)(F)F)CC1. The van der Waals surface area contributed by atoms with E-state index in [1.165, 1.54) is 27.4 Å². The zero-order valence-corrected chi connectivity index (χ0v) is 12.2. The highest BCUT2D eigenvalue weighted by atomic mass is 32.2. The van der Waals surface area contributed by atoms with Gasteiger partial charge < -0.3 is 4.90 Å². The molecule has 1 amide bonds. The molecule has 1 aromatic heterocycles. The molecule has 9 heteroatoms. The van der Waals surface area contributed by atoms with Crippen molar-refractivity contribution in [1.82, 2.24) is 14.5 Å². The Morgan fingerprint density at radius 3 is 2.73 bits per heavy atom. The fourth-order valence-electron chi connectivity index (χ4n) is 2.45. The van der Waals surface area contributed by atoms with Crippen LogP contribution < -0.4 is 5.56 Å². The summed E-state index contributed by atoms with van der Waals surface area (Å²) in [5.74, 6) is 0.156. The van der Waals surface area contributed by atoms with Gasteiger partial charge in [-0.1, -0.05) is 17.8 Å². The Morgan fingerprint density at radius 1 is 1.32 bits per heavy atom. The Kier molecular flexibility index (Phi) is 3.75. The maximum atomic E-state index is 12.6. The number of rotatable bonds is 1. The van der Waals surface area contributed by atoms with Gasteiger partial charge in [0, 0.05) is 37.2 Å². The number of carbonyl (C=O) groups is 1. The maximum absolute atomic E-state index is 12.6. The molecule has 0 atom stereocenters. The number of aromatic nitrogens is 2. The number of nitrogens with zero attached hydrogens (tertiary/aromatic N) is 3. The molecule has 0 bridgehead atoms. The standard InChI is InChI=1S/C13H12F3N3O2S/c14-13(15,16)8-1-3-18(4-2-8)10(20)9-7-17-12-19(11(9)21)5-6-22-12/h1,7H,2-6H2. The van der Waals surface area contributed by atoms with Crippen LogP contribution in [0.1, 0.15) is 16.8 Å². The van der Waals surface area contributed by atoms with Crippen LogP contribution in [0.15, 0.2) is 27.8 Å². The number of hydrogen-bond acceptors (Lipinski definition) is 4. The van der Waals surface area contributed by atoms with Gasteiger partial charge >= 0.3 is 6.18 Å². The van der Waals surface area contributed by atoms with Crippen LogP contribution in [0.4, 0.5) is 13.2 Å².